The van der Waals surface area contributed by atoms with Crippen LogP contribution in [0.1, 0.15) is 19.8 Å². The Balaban J connectivity index is 2.55. The molecule has 1 atom stereocenters. The van der Waals surface area contributed by atoms with E-state index >= 15 is 0 Å². The van der Waals surface area contributed by atoms with Crippen LogP contribution < -0.4 is 5.73 Å². The van der Waals surface area contributed by atoms with Crippen molar-refractivity contribution in [2.75, 3.05) is 0 Å². The molecule has 4 N–H and O–H groups in total. The van der Waals surface area contributed by atoms with Gasteiger partial charge in [-0.25, -0.2) is 0 Å². The molecule has 0 saturated carbocycles. The molecule has 5 nitrogen and oxygen atoms in total. The molecule has 1 rings (SSSR count). The number of allylic oxidation sites excluding steroid dienone is 1. The van der Waals surface area contributed by atoms with Gasteiger partial charge in [0.05, 0.1) is 5.31 Å². The second kappa shape index (κ2) is 3.72. The fourth-order valence-corrected chi connectivity index (χ4v) is 1.74. The second-order valence-corrected chi connectivity index (χ2v) is 4.88. The van der Waals surface area contributed by atoms with Crippen LogP contribution in [-0.4, -0.2) is 21.5 Å². The Morgan fingerprint density at radius 1 is 1.77 bits per heavy atom. The predicted octanol–water partition coefficient (Wildman–Crippen LogP) is 0.587. The van der Waals surface area contributed by atoms with Crippen molar-refractivity contribution in [2.45, 2.75) is 25.8 Å². The third-order valence-corrected chi connectivity index (χ3v) is 2.73. The van der Waals surface area contributed by atoms with Gasteiger partial charge >= 0.3 is 7.60 Å². The molecule has 0 amide bonds. The van der Waals surface area contributed by atoms with Crippen LogP contribution in [0.25, 0.3) is 0 Å². The minimum atomic E-state index is -4.09. The predicted molar refractivity (Wildman–Crippen MR) is 50.4 cm³/mol. The highest BCUT2D eigenvalue weighted by atomic mass is 31.2. The quantitative estimate of drug-likeness (QED) is 0.586. The summed E-state index contributed by atoms with van der Waals surface area (Å²) in [4.78, 5) is 21.5. The van der Waals surface area contributed by atoms with Crippen LogP contribution in [0.5, 0.6) is 0 Å². The number of nitrogens with zero attached hydrogens (tertiary/aromatic N) is 1. The molecule has 0 bridgehead atoms. The minimum absolute atomic E-state index is 0.0247. The van der Waals surface area contributed by atoms with Crippen molar-refractivity contribution in [1.82, 2.24) is 0 Å². The number of hydrogen-bond acceptors (Lipinski definition) is 3. The van der Waals surface area contributed by atoms with E-state index < -0.39 is 7.60 Å². The van der Waals surface area contributed by atoms with E-state index in [9.17, 15) is 4.57 Å². The van der Waals surface area contributed by atoms with Gasteiger partial charge < -0.3 is 15.5 Å². The van der Waals surface area contributed by atoms with Crippen molar-refractivity contribution in [1.29, 1.82) is 0 Å². The van der Waals surface area contributed by atoms with Gasteiger partial charge in [-0.2, -0.15) is 0 Å². The lowest BCUT2D eigenvalue weighted by molar-refractivity contribution is 0.381. The summed E-state index contributed by atoms with van der Waals surface area (Å²) in [5, 5.41) is 0.0863. The fraction of sp³-hybridized carbons (Fsp3) is 0.571. The number of hydrogen-bond donors (Lipinski definition) is 3. The summed E-state index contributed by atoms with van der Waals surface area (Å²) in [5.41, 5.74) is 6.27. The van der Waals surface area contributed by atoms with Gasteiger partial charge in [-0.15, -0.1) is 0 Å². The maximum absolute atomic E-state index is 10.8. The average molecular weight is 204 g/mol. The van der Waals surface area contributed by atoms with Crippen LogP contribution in [0.3, 0.4) is 0 Å². The number of aliphatic imine (C=N–C) groups is 1. The number of nitrogens with two attached hydrogens (primary N) is 1. The summed E-state index contributed by atoms with van der Waals surface area (Å²) < 4.78 is 10.8. The molecule has 0 unspecified atom stereocenters. The Morgan fingerprint density at radius 2 is 2.38 bits per heavy atom. The first-order chi connectivity index (χ1) is 5.89. The van der Waals surface area contributed by atoms with E-state index in [1.807, 2.05) is 6.92 Å². The molecule has 0 aromatic carbocycles. The van der Waals surface area contributed by atoms with Crippen molar-refractivity contribution in [3.05, 3.63) is 11.5 Å². The van der Waals surface area contributed by atoms with Crippen LogP contribution in [0.4, 0.5) is 0 Å². The summed E-state index contributed by atoms with van der Waals surface area (Å²) in [5.74, 6) is 0. The summed E-state index contributed by atoms with van der Waals surface area (Å²) in [6.45, 7) is 1.83. The Morgan fingerprint density at radius 3 is 2.77 bits per heavy atom. The first kappa shape index (κ1) is 10.6. The van der Waals surface area contributed by atoms with E-state index in [4.69, 9.17) is 15.5 Å². The van der Waals surface area contributed by atoms with E-state index in [1.165, 1.54) is 6.20 Å². The maximum atomic E-state index is 10.8. The molecule has 1 aliphatic heterocycles. The molecule has 0 spiro atoms. The lowest BCUT2D eigenvalue weighted by atomic mass is 10.1. The highest BCUT2D eigenvalue weighted by molar-refractivity contribution is 7.56. The molecule has 6 heteroatoms. The highest BCUT2D eigenvalue weighted by Crippen LogP contribution is 2.48. The monoisotopic (exact) mass is 204 g/mol. The second-order valence-electron chi connectivity index (χ2n) is 3.22. The van der Waals surface area contributed by atoms with Gasteiger partial charge in [-0.05, 0) is 6.92 Å². The minimum Gasteiger partial charge on any atom is -0.328 e. The van der Waals surface area contributed by atoms with Gasteiger partial charge in [0.2, 0.25) is 0 Å². The van der Waals surface area contributed by atoms with E-state index in [0.29, 0.717) is 6.42 Å². The molecule has 13 heavy (non-hydrogen) atoms. The summed E-state index contributed by atoms with van der Waals surface area (Å²) in [7, 11) is -4.09. The van der Waals surface area contributed by atoms with Crippen molar-refractivity contribution >= 4 is 13.3 Å². The van der Waals surface area contributed by atoms with Crippen LogP contribution in [0.2, 0.25) is 0 Å². The molecule has 0 radical (unpaired) electrons. The van der Waals surface area contributed by atoms with Gasteiger partial charge in [0.25, 0.3) is 0 Å². The zero-order chi connectivity index (χ0) is 10.1. The molecule has 1 heterocycles. The Labute approximate surface area is 76.5 Å². The van der Waals surface area contributed by atoms with Gasteiger partial charge in [0.15, 0.2) is 0 Å². The Kier molecular flexibility index (Phi) is 3.03. The molecule has 74 valence electrons. The average Bonchev–Trinajstić information content (AvgIpc) is 2.32. The van der Waals surface area contributed by atoms with Gasteiger partial charge in [-0.3, -0.25) is 9.56 Å². The molecular formula is C7H13N2O3P. The van der Waals surface area contributed by atoms with Crippen LogP contribution >= 0.6 is 7.60 Å². The van der Waals surface area contributed by atoms with Crippen LogP contribution in [-0.2, 0) is 4.57 Å². The van der Waals surface area contributed by atoms with E-state index in [1.54, 1.807) is 0 Å². The van der Waals surface area contributed by atoms with Crippen molar-refractivity contribution in [3.8, 4) is 0 Å². The molecule has 0 aliphatic carbocycles. The molecule has 0 fully saturated rings. The lowest BCUT2D eigenvalue weighted by Gasteiger charge is -2.06. The summed E-state index contributed by atoms with van der Waals surface area (Å²) in [6, 6.07) is -0.0247. The van der Waals surface area contributed by atoms with E-state index in [0.717, 1.165) is 5.71 Å². The standard InChI is InChI=1S/C7H13N2O3P/c1-5(8)2-6-3-7(4-9-6)13(10,11)12/h4-5H,2-3,8H2,1H3,(H2,10,11,12)/t5-/m1/s1. The van der Waals surface area contributed by atoms with Gasteiger partial charge in [0.1, 0.15) is 0 Å². The molecule has 0 aromatic heterocycles. The van der Waals surface area contributed by atoms with Gasteiger partial charge in [-0.1, -0.05) is 0 Å². The smallest absolute Gasteiger partial charge is 0.328 e. The molecule has 0 saturated heterocycles. The molecule has 0 aromatic rings. The first-order valence-electron chi connectivity index (χ1n) is 3.96. The maximum Gasteiger partial charge on any atom is 0.354 e. The molecular weight excluding hydrogens is 191 g/mol. The van der Waals surface area contributed by atoms with Crippen LogP contribution in [0, 0.1) is 0 Å². The summed E-state index contributed by atoms with van der Waals surface area (Å²) in [6.07, 6.45) is 2.09. The largest absolute Gasteiger partial charge is 0.354 e. The van der Waals surface area contributed by atoms with Crippen molar-refractivity contribution in [2.24, 2.45) is 10.7 Å². The topological polar surface area (TPSA) is 95.9 Å². The SMILES string of the molecule is C[C@@H](N)CC1=NC=C(P(=O)(O)O)C1. The lowest BCUT2D eigenvalue weighted by Crippen LogP contribution is -2.18. The normalized spacial score (nSPS) is 19.7. The zero-order valence-corrected chi connectivity index (χ0v) is 8.24. The fourth-order valence-electron chi connectivity index (χ4n) is 1.14. The van der Waals surface area contributed by atoms with Crippen molar-refractivity contribution in [3.63, 3.8) is 0 Å². The van der Waals surface area contributed by atoms with E-state index in [2.05, 4.69) is 4.99 Å². The first-order valence-corrected chi connectivity index (χ1v) is 5.57. The molecule has 1 aliphatic rings. The van der Waals surface area contributed by atoms with Gasteiger partial charge in [0, 0.05) is 30.8 Å². The van der Waals surface area contributed by atoms with Crippen LogP contribution in [0.15, 0.2) is 16.5 Å². The highest BCUT2D eigenvalue weighted by Gasteiger charge is 2.25. The Bertz CT molecular complexity index is 303. The Hall–Kier alpha value is -0.480. The number of rotatable bonds is 3. The zero-order valence-electron chi connectivity index (χ0n) is 7.34. The van der Waals surface area contributed by atoms with E-state index in [-0.39, 0.29) is 17.8 Å². The third-order valence-electron chi connectivity index (χ3n) is 1.71. The van der Waals surface area contributed by atoms with Crippen molar-refractivity contribution < 1.29 is 14.4 Å². The third kappa shape index (κ3) is 3.04. The summed E-state index contributed by atoms with van der Waals surface area (Å²) >= 11 is 0.